The van der Waals surface area contributed by atoms with E-state index in [0.717, 1.165) is 12.1 Å². The highest BCUT2D eigenvalue weighted by molar-refractivity contribution is 6.13. The fraction of sp³-hybridized carbons (Fsp3) is 0.467. The summed E-state index contributed by atoms with van der Waals surface area (Å²) in [6, 6.07) is 3.39. The molecule has 1 aromatic rings. The van der Waals surface area contributed by atoms with Gasteiger partial charge in [0.15, 0.2) is 0 Å². The lowest BCUT2D eigenvalue weighted by atomic mass is 9.99. The van der Waals surface area contributed by atoms with Crippen molar-refractivity contribution in [2.45, 2.75) is 25.8 Å². The lowest BCUT2D eigenvalue weighted by Crippen LogP contribution is -2.38. The first-order valence-electron chi connectivity index (χ1n) is 7.13. The SMILES string of the molecule is CNC(=O)C1(C(=O)Nc2ccc3c(c2F)CCNC3)CC1. The summed E-state index contributed by atoms with van der Waals surface area (Å²) in [5, 5.41) is 8.26. The summed E-state index contributed by atoms with van der Waals surface area (Å²) in [4.78, 5) is 24.0. The molecule has 2 amide bonds. The van der Waals surface area contributed by atoms with Crippen LogP contribution in [0.3, 0.4) is 0 Å². The maximum atomic E-state index is 14.5. The molecular formula is C15H18FN3O2. The molecule has 1 aliphatic carbocycles. The number of anilines is 1. The van der Waals surface area contributed by atoms with Crippen molar-refractivity contribution in [3.63, 3.8) is 0 Å². The molecule has 1 fully saturated rings. The van der Waals surface area contributed by atoms with Crippen LogP contribution in [0, 0.1) is 11.2 Å². The van der Waals surface area contributed by atoms with Gasteiger partial charge in [-0.3, -0.25) is 9.59 Å². The molecule has 2 aliphatic rings. The van der Waals surface area contributed by atoms with Crippen LogP contribution in [-0.2, 0) is 22.6 Å². The Bertz CT molecular complexity index is 611. The van der Waals surface area contributed by atoms with E-state index in [4.69, 9.17) is 0 Å². The van der Waals surface area contributed by atoms with E-state index < -0.39 is 11.3 Å². The van der Waals surface area contributed by atoms with Gasteiger partial charge in [-0.25, -0.2) is 4.39 Å². The summed E-state index contributed by atoms with van der Waals surface area (Å²) in [6.45, 7) is 1.37. The lowest BCUT2D eigenvalue weighted by Gasteiger charge is -2.20. The Kier molecular flexibility index (Phi) is 3.41. The first-order valence-corrected chi connectivity index (χ1v) is 7.13. The molecule has 0 spiro atoms. The van der Waals surface area contributed by atoms with Crippen LogP contribution in [0.15, 0.2) is 12.1 Å². The van der Waals surface area contributed by atoms with E-state index in [1.54, 1.807) is 6.07 Å². The summed E-state index contributed by atoms with van der Waals surface area (Å²) >= 11 is 0. The molecule has 3 N–H and O–H groups in total. The van der Waals surface area contributed by atoms with Crippen molar-refractivity contribution in [2.24, 2.45) is 5.41 Å². The number of amides is 2. The van der Waals surface area contributed by atoms with Gasteiger partial charge in [-0.1, -0.05) is 6.07 Å². The molecule has 0 bridgehead atoms. The predicted molar refractivity (Wildman–Crippen MR) is 76.2 cm³/mol. The zero-order valence-corrected chi connectivity index (χ0v) is 11.9. The Morgan fingerprint density at radius 2 is 2.05 bits per heavy atom. The summed E-state index contributed by atoms with van der Waals surface area (Å²) in [6.07, 6.45) is 1.62. The van der Waals surface area contributed by atoms with Crippen LogP contribution in [0.2, 0.25) is 0 Å². The second-order valence-corrected chi connectivity index (χ2v) is 5.61. The summed E-state index contributed by atoms with van der Waals surface area (Å²) in [5.74, 6) is -1.10. The number of hydrogen-bond acceptors (Lipinski definition) is 3. The minimum absolute atomic E-state index is 0.163. The van der Waals surface area contributed by atoms with Gasteiger partial charge in [0.05, 0.1) is 5.69 Å². The maximum absolute atomic E-state index is 14.5. The first kappa shape index (κ1) is 14.0. The Morgan fingerprint density at radius 1 is 1.29 bits per heavy atom. The number of carbonyl (C=O) groups excluding carboxylic acids is 2. The fourth-order valence-electron chi connectivity index (χ4n) is 2.79. The second-order valence-electron chi connectivity index (χ2n) is 5.61. The molecule has 21 heavy (non-hydrogen) atoms. The molecule has 0 aromatic heterocycles. The highest BCUT2D eigenvalue weighted by atomic mass is 19.1. The van der Waals surface area contributed by atoms with Crippen LogP contribution in [0.4, 0.5) is 10.1 Å². The second kappa shape index (κ2) is 5.11. The van der Waals surface area contributed by atoms with Crippen LogP contribution in [0.25, 0.3) is 0 Å². The summed E-state index contributed by atoms with van der Waals surface area (Å²) in [7, 11) is 1.50. The van der Waals surface area contributed by atoms with Gasteiger partial charge in [0, 0.05) is 13.6 Å². The third-order valence-corrected chi connectivity index (χ3v) is 4.30. The van der Waals surface area contributed by atoms with Gasteiger partial charge in [-0.05, 0) is 43.0 Å². The molecule has 0 radical (unpaired) electrons. The Morgan fingerprint density at radius 3 is 2.71 bits per heavy atom. The zero-order valence-electron chi connectivity index (χ0n) is 11.9. The molecular weight excluding hydrogens is 273 g/mol. The molecule has 3 rings (SSSR count). The number of rotatable bonds is 3. The quantitative estimate of drug-likeness (QED) is 0.726. The van der Waals surface area contributed by atoms with Gasteiger partial charge in [-0.2, -0.15) is 0 Å². The van der Waals surface area contributed by atoms with Crippen LogP contribution in [-0.4, -0.2) is 25.4 Å². The monoisotopic (exact) mass is 291 g/mol. The van der Waals surface area contributed by atoms with Gasteiger partial charge in [0.25, 0.3) is 0 Å². The van der Waals surface area contributed by atoms with Crippen molar-refractivity contribution >= 4 is 17.5 Å². The highest BCUT2D eigenvalue weighted by Crippen LogP contribution is 2.46. The van der Waals surface area contributed by atoms with E-state index in [1.807, 2.05) is 6.07 Å². The highest BCUT2D eigenvalue weighted by Gasteiger charge is 2.56. The average Bonchev–Trinajstić information content (AvgIpc) is 3.31. The molecule has 6 heteroatoms. The number of hydrogen-bond donors (Lipinski definition) is 3. The van der Waals surface area contributed by atoms with Gasteiger partial charge in [-0.15, -0.1) is 0 Å². The standard InChI is InChI=1S/C15H18FN3O2/c1-17-13(20)15(5-6-15)14(21)19-11-3-2-9-8-18-7-4-10(9)12(11)16/h2-3,18H,4-8H2,1H3,(H,17,20)(H,19,21). The Balaban J connectivity index is 1.83. The number of nitrogens with one attached hydrogen (secondary N) is 3. The minimum Gasteiger partial charge on any atom is -0.358 e. The molecule has 1 aromatic carbocycles. The number of fused-ring (bicyclic) bond motifs is 1. The van der Waals surface area contributed by atoms with Gasteiger partial charge in [0.2, 0.25) is 11.8 Å². The summed E-state index contributed by atoms with van der Waals surface area (Å²) in [5.41, 5.74) is 0.718. The fourth-order valence-corrected chi connectivity index (χ4v) is 2.79. The third kappa shape index (κ3) is 2.29. The van der Waals surface area contributed by atoms with Crippen LogP contribution >= 0.6 is 0 Å². The molecule has 0 saturated heterocycles. The van der Waals surface area contributed by atoms with Crippen molar-refractivity contribution in [3.05, 3.63) is 29.1 Å². The normalized spacial score (nSPS) is 18.6. The first-order chi connectivity index (χ1) is 10.1. The third-order valence-electron chi connectivity index (χ3n) is 4.30. The average molecular weight is 291 g/mol. The maximum Gasteiger partial charge on any atom is 0.240 e. The van der Waals surface area contributed by atoms with E-state index in [0.29, 0.717) is 31.4 Å². The smallest absolute Gasteiger partial charge is 0.240 e. The van der Waals surface area contributed by atoms with Crippen molar-refractivity contribution < 1.29 is 14.0 Å². The van der Waals surface area contributed by atoms with E-state index in [9.17, 15) is 14.0 Å². The largest absolute Gasteiger partial charge is 0.358 e. The molecule has 0 atom stereocenters. The van der Waals surface area contributed by atoms with Crippen molar-refractivity contribution in [1.82, 2.24) is 10.6 Å². The molecule has 1 saturated carbocycles. The topological polar surface area (TPSA) is 70.2 Å². The van der Waals surface area contributed by atoms with Crippen molar-refractivity contribution in [1.29, 1.82) is 0 Å². The Hall–Kier alpha value is -1.95. The van der Waals surface area contributed by atoms with Crippen molar-refractivity contribution in [3.8, 4) is 0 Å². The molecule has 0 unspecified atom stereocenters. The lowest BCUT2D eigenvalue weighted by molar-refractivity contribution is -0.134. The summed E-state index contributed by atoms with van der Waals surface area (Å²) < 4.78 is 14.5. The number of carbonyl (C=O) groups is 2. The predicted octanol–water partition coefficient (Wildman–Crippen LogP) is 0.936. The molecule has 1 aliphatic heterocycles. The Labute approximate surface area is 122 Å². The van der Waals surface area contributed by atoms with Crippen molar-refractivity contribution in [2.75, 3.05) is 18.9 Å². The van der Waals surface area contributed by atoms with E-state index in [2.05, 4.69) is 16.0 Å². The van der Waals surface area contributed by atoms with E-state index >= 15 is 0 Å². The molecule has 5 nitrogen and oxygen atoms in total. The van der Waals surface area contributed by atoms with E-state index in [-0.39, 0.29) is 17.4 Å². The van der Waals surface area contributed by atoms with Gasteiger partial charge in [0.1, 0.15) is 11.2 Å². The molecule has 112 valence electrons. The van der Waals surface area contributed by atoms with Gasteiger partial charge < -0.3 is 16.0 Å². The van der Waals surface area contributed by atoms with Gasteiger partial charge >= 0.3 is 0 Å². The number of benzene rings is 1. The number of halogens is 1. The van der Waals surface area contributed by atoms with Crippen LogP contribution in [0.5, 0.6) is 0 Å². The molecule has 1 heterocycles. The van der Waals surface area contributed by atoms with E-state index in [1.165, 1.54) is 7.05 Å². The zero-order chi connectivity index (χ0) is 15.0. The minimum atomic E-state index is -1.02. The van der Waals surface area contributed by atoms with Crippen LogP contribution < -0.4 is 16.0 Å². The van der Waals surface area contributed by atoms with Crippen LogP contribution in [0.1, 0.15) is 24.0 Å².